The molecular weight excluding hydrogens is 456 g/mol. The van der Waals surface area contributed by atoms with Crippen LogP contribution in [-0.2, 0) is 16.0 Å². The van der Waals surface area contributed by atoms with Crippen molar-refractivity contribution in [3.63, 3.8) is 0 Å². The van der Waals surface area contributed by atoms with Gasteiger partial charge in [-0.1, -0.05) is 26.0 Å². The van der Waals surface area contributed by atoms with E-state index in [-0.39, 0.29) is 31.1 Å². The molecule has 35 heavy (non-hydrogen) atoms. The molecule has 3 aromatic rings. The summed E-state index contributed by atoms with van der Waals surface area (Å²) in [6.45, 7) is 3.58. The quantitative estimate of drug-likeness (QED) is 0.473. The van der Waals surface area contributed by atoms with E-state index in [0.717, 1.165) is 0 Å². The summed E-state index contributed by atoms with van der Waals surface area (Å²) in [5.41, 5.74) is 7.86. The van der Waals surface area contributed by atoms with Gasteiger partial charge in [0.05, 0.1) is 30.9 Å². The topological polar surface area (TPSA) is 130 Å². The maximum Gasteiger partial charge on any atom is 0.243 e. The predicted molar refractivity (Wildman–Crippen MR) is 124 cm³/mol. The Morgan fingerprint density at radius 1 is 1.26 bits per heavy atom. The lowest BCUT2D eigenvalue weighted by Gasteiger charge is -2.27. The van der Waals surface area contributed by atoms with Crippen LogP contribution in [0.25, 0.3) is 0 Å². The molecule has 0 aliphatic carbocycles. The second-order valence-corrected chi connectivity index (χ2v) is 8.92. The highest BCUT2D eigenvalue weighted by Crippen LogP contribution is 2.29. The van der Waals surface area contributed by atoms with E-state index in [4.69, 9.17) is 5.73 Å². The Bertz CT molecular complexity index is 1200. The van der Waals surface area contributed by atoms with Gasteiger partial charge in [-0.2, -0.15) is 15.4 Å². The van der Waals surface area contributed by atoms with E-state index < -0.39 is 35.9 Å². The first-order valence-electron chi connectivity index (χ1n) is 11.3. The van der Waals surface area contributed by atoms with Crippen molar-refractivity contribution in [3.05, 3.63) is 70.9 Å². The normalized spacial score (nSPS) is 18.6. The van der Waals surface area contributed by atoms with Crippen molar-refractivity contribution in [1.29, 1.82) is 0 Å². The molecule has 0 spiro atoms. The molecule has 1 aromatic carbocycles. The number of H-pyrrole nitrogens is 1. The van der Waals surface area contributed by atoms with Gasteiger partial charge in [-0.3, -0.25) is 9.59 Å². The number of benzene rings is 1. The monoisotopic (exact) mass is 483 g/mol. The lowest BCUT2D eigenvalue weighted by Crippen LogP contribution is -2.47. The van der Waals surface area contributed by atoms with Gasteiger partial charge in [0.15, 0.2) is 0 Å². The number of carbonyl (C=O) groups is 2. The first-order chi connectivity index (χ1) is 16.7. The highest BCUT2D eigenvalue weighted by molar-refractivity contribution is 5.89. The predicted octanol–water partition coefficient (Wildman–Crippen LogP) is 2.43. The summed E-state index contributed by atoms with van der Waals surface area (Å²) in [5.74, 6) is -1.16. The van der Waals surface area contributed by atoms with Gasteiger partial charge in [-0.25, -0.2) is 13.8 Å². The first kappa shape index (κ1) is 24.2. The van der Waals surface area contributed by atoms with Gasteiger partial charge in [0, 0.05) is 12.6 Å². The Hall–Kier alpha value is -3.89. The van der Waals surface area contributed by atoms with Crippen LogP contribution < -0.4 is 11.1 Å². The number of alkyl halides is 1. The summed E-state index contributed by atoms with van der Waals surface area (Å²) in [7, 11) is 0. The molecule has 2 amide bonds. The lowest BCUT2D eigenvalue weighted by molar-refractivity contribution is -0.138. The second-order valence-electron chi connectivity index (χ2n) is 8.92. The zero-order chi connectivity index (χ0) is 25.1. The Labute approximate surface area is 201 Å². The standard InChI is InChI=1S/C24H27F2N7O2/c1-13(2)18-4-3-14(7-19(18)26)23(15-5-6-28-21(27)8-15)30-24(35)20-9-16(25)12-33(20)22(34)10-17-11-29-32-31-17/h3-8,11,13,16,20,23H,9-10,12H2,1-2H3,(H2,27,28)(H,30,35)(H,29,31,32)/t16-,20+,23-/m1/s1. The average molecular weight is 484 g/mol. The fraction of sp³-hybridized carbons (Fsp3) is 0.375. The Morgan fingerprint density at radius 3 is 2.69 bits per heavy atom. The number of hydrogen-bond donors (Lipinski definition) is 3. The summed E-state index contributed by atoms with van der Waals surface area (Å²) in [6, 6.07) is 6.23. The van der Waals surface area contributed by atoms with Crippen molar-refractivity contribution in [3.8, 4) is 0 Å². The molecule has 184 valence electrons. The number of hydrogen-bond acceptors (Lipinski definition) is 6. The van der Waals surface area contributed by atoms with Crippen molar-refractivity contribution in [2.24, 2.45) is 0 Å². The Kier molecular flexibility index (Phi) is 7.04. The minimum absolute atomic E-state index is 0.0158. The number of aromatic amines is 1. The van der Waals surface area contributed by atoms with Crippen LogP contribution in [0.1, 0.15) is 54.6 Å². The van der Waals surface area contributed by atoms with Gasteiger partial charge in [0.25, 0.3) is 0 Å². The number of halogens is 2. The SMILES string of the molecule is CC(C)c1ccc([C@@H](NC(=O)[C@@H]2C[C@@H](F)CN2C(=O)Cc2cn[nH]n2)c2ccnc(N)c2)cc1F. The van der Waals surface area contributed by atoms with Gasteiger partial charge in [0.1, 0.15) is 23.8 Å². The van der Waals surface area contributed by atoms with Crippen LogP contribution in [-0.4, -0.2) is 55.9 Å². The van der Waals surface area contributed by atoms with Crippen LogP contribution >= 0.6 is 0 Å². The minimum atomic E-state index is -1.34. The van der Waals surface area contributed by atoms with Crippen molar-refractivity contribution in [1.82, 2.24) is 30.6 Å². The highest BCUT2D eigenvalue weighted by atomic mass is 19.1. The Balaban J connectivity index is 1.61. The Morgan fingerprint density at radius 2 is 2.03 bits per heavy atom. The third-order valence-electron chi connectivity index (χ3n) is 6.08. The van der Waals surface area contributed by atoms with Crippen molar-refractivity contribution in [2.75, 3.05) is 12.3 Å². The van der Waals surface area contributed by atoms with Gasteiger partial charge < -0.3 is 16.0 Å². The van der Waals surface area contributed by atoms with Crippen molar-refractivity contribution < 1.29 is 18.4 Å². The molecule has 11 heteroatoms. The highest BCUT2D eigenvalue weighted by Gasteiger charge is 2.40. The maximum atomic E-state index is 14.8. The summed E-state index contributed by atoms with van der Waals surface area (Å²) in [5, 5.41) is 12.8. The van der Waals surface area contributed by atoms with Gasteiger partial charge in [-0.15, -0.1) is 0 Å². The molecule has 2 aromatic heterocycles. The van der Waals surface area contributed by atoms with Crippen LogP contribution in [0.2, 0.25) is 0 Å². The summed E-state index contributed by atoms with van der Waals surface area (Å²) in [6.07, 6.45) is 1.30. The molecule has 4 rings (SSSR count). The van der Waals surface area contributed by atoms with Gasteiger partial charge >= 0.3 is 0 Å². The molecule has 0 radical (unpaired) electrons. The lowest BCUT2D eigenvalue weighted by atomic mass is 9.94. The number of nitrogens with one attached hydrogen (secondary N) is 2. The molecule has 1 aliphatic rings. The fourth-order valence-corrected chi connectivity index (χ4v) is 4.31. The van der Waals surface area contributed by atoms with E-state index in [2.05, 4.69) is 25.7 Å². The summed E-state index contributed by atoms with van der Waals surface area (Å²) >= 11 is 0. The number of anilines is 1. The number of carbonyl (C=O) groups excluding carboxylic acids is 2. The molecule has 0 saturated carbocycles. The van der Waals surface area contributed by atoms with E-state index in [0.29, 0.717) is 22.4 Å². The number of pyridine rings is 1. The molecule has 1 saturated heterocycles. The number of nitrogens with zero attached hydrogens (tertiary/aromatic N) is 4. The molecule has 1 aliphatic heterocycles. The van der Waals surface area contributed by atoms with E-state index in [9.17, 15) is 18.4 Å². The molecule has 4 N–H and O–H groups in total. The fourth-order valence-electron chi connectivity index (χ4n) is 4.31. The zero-order valence-electron chi connectivity index (χ0n) is 19.4. The number of rotatable bonds is 7. The van der Waals surface area contributed by atoms with Gasteiger partial charge in [-0.05, 0) is 40.8 Å². The zero-order valence-corrected chi connectivity index (χ0v) is 19.4. The second kappa shape index (κ2) is 10.2. The van der Waals surface area contributed by atoms with E-state index in [1.54, 1.807) is 24.3 Å². The smallest absolute Gasteiger partial charge is 0.243 e. The number of aromatic nitrogens is 4. The van der Waals surface area contributed by atoms with Crippen molar-refractivity contribution in [2.45, 2.75) is 50.9 Å². The van der Waals surface area contributed by atoms with Crippen LogP contribution in [0.3, 0.4) is 0 Å². The first-order valence-corrected chi connectivity index (χ1v) is 11.3. The van der Waals surface area contributed by atoms with Crippen LogP contribution in [0, 0.1) is 5.82 Å². The van der Waals surface area contributed by atoms with Crippen LogP contribution in [0.4, 0.5) is 14.6 Å². The van der Waals surface area contributed by atoms with E-state index in [1.165, 1.54) is 23.4 Å². The minimum Gasteiger partial charge on any atom is -0.384 e. The molecule has 9 nitrogen and oxygen atoms in total. The number of likely N-dealkylation sites (tertiary alicyclic amines) is 1. The molecule has 0 bridgehead atoms. The number of nitrogens with two attached hydrogens (primary N) is 1. The van der Waals surface area contributed by atoms with Crippen LogP contribution in [0.15, 0.2) is 42.7 Å². The molecule has 3 atom stereocenters. The van der Waals surface area contributed by atoms with Crippen LogP contribution in [0.5, 0.6) is 0 Å². The number of amides is 2. The van der Waals surface area contributed by atoms with E-state index >= 15 is 0 Å². The molecule has 1 fully saturated rings. The summed E-state index contributed by atoms with van der Waals surface area (Å²) < 4.78 is 29.2. The largest absolute Gasteiger partial charge is 0.384 e. The third kappa shape index (κ3) is 5.44. The van der Waals surface area contributed by atoms with Gasteiger partial charge in [0.2, 0.25) is 11.8 Å². The van der Waals surface area contributed by atoms with E-state index in [1.807, 2.05) is 13.8 Å². The average Bonchev–Trinajstić information content (AvgIpc) is 3.46. The molecule has 3 heterocycles. The van der Waals surface area contributed by atoms with Crippen molar-refractivity contribution >= 4 is 17.6 Å². The molecule has 0 unspecified atom stereocenters. The number of nitrogen functional groups attached to an aromatic ring is 1. The molecular formula is C24H27F2N7O2. The maximum absolute atomic E-state index is 14.8. The third-order valence-corrected chi connectivity index (χ3v) is 6.08. The summed E-state index contributed by atoms with van der Waals surface area (Å²) in [4.78, 5) is 31.4.